The zero-order valence-corrected chi connectivity index (χ0v) is 20.9. The highest BCUT2D eigenvalue weighted by Crippen LogP contribution is 2.50. The van der Waals surface area contributed by atoms with Crippen LogP contribution in [0.15, 0.2) is 36.4 Å². The molecule has 0 amide bonds. The molecule has 1 saturated heterocycles. The monoisotopic (exact) mass is 487 g/mol. The van der Waals surface area contributed by atoms with Gasteiger partial charge in [-0.15, -0.1) is 0 Å². The standard InChI is InChI=1S/C25H30NO7P/c1-17-25(18(2)27)21-15-23(29-3)24(30-4)16-22(21)26(17)19-7-9-20(10-8-19)31-11-6-14-34(28)32-12-5-13-33-34/h7-10,15-16H,5-6,11-14H2,1-4H3. The van der Waals surface area contributed by atoms with E-state index in [1.54, 1.807) is 21.1 Å². The van der Waals surface area contributed by atoms with Crippen molar-refractivity contribution in [3.05, 3.63) is 47.7 Å². The lowest BCUT2D eigenvalue weighted by Gasteiger charge is -2.22. The number of benzene rings is 2. The minimum absolute atomic E-state index is 0.0154. The SMILES string of the molecule is COc1cc2c(C(C)=O)c(C)n(-c3ccc(OCCCP4(=O)OCCCO4)cc3)c2cc1OC. The van der Waals surface area contributed by atoms with Crippen LogP contribution >= 0.6 is 7.60 Å². The maximum Gasteiger partial charge on any atom is 0.330 e. The van der Waals surface area contributed by atoms with Crippen LogP contribution in [0.25, 0.3) is 16.6 Å². The normalized spacial score (nSPS) is 15.3. The Morgan fingerprint density at radius 1 is 1.06 bits per heavy atom. The molecule has 182 valence electrons. The van der Waals surface area contributed by atoms with E-state index in [0.717, 1.165) is 28.7 Å². The molecule has 0 spiro atoms. The van der Waals surface area contributed by atoms with Gasteiger partial charge in [0.25, 0.3) is 0 Å². The number of ketones is 1. The summed E-state index contributed by atoms with van der Waals surface area (Å²) in [6, 6.07) is 11.4. The van der Waals surface area contributed by atoms with Crippen LogP contribution in [0.5, 0.6) is 17.2 Å². The molecule has 0 radical (unpaired) electrons. The number of hydrogen-bond acceptors (Lipinski definition) is 7. The fraction of sp³-hybridized carbons (Fsp3) is 0.400. The van der Waals surface area contributed by atoms with Crippen LogP contribution in [0.3, 0.4) is 0 Å². The highest BCUT2D eigenvalue weighted by molar-refractivity contribution is 7.53. The quantitative estimate of drug-likeness (QED) is 0.222. The molecule has 2 heterocycles. The summed E-state index contributed by atoms with van der Waals surface area (Å²) >= 11 is 0. The molecule has 3 aromatic rings. The van der Waals surface area contributed by atoms with Gasteiger partial charge >= 0.3 is 7.60 Å². The average molecular weight is 487 g/mol. The van der Waals surface area contributed by atoms with Crippen molar-refractivity contribution >= 4 is 24.3 Å². The number of carbonyl (C=O) groups excluding carboxylic acids is 1. The van der Waals surface area contributed by atoms with Gasteiger partial charge in [0.2, 0.25) is 0 Å². The van der Waals surface area contributed by atoms with Crippen LogP contribution in [0.2, 0.25) is 0 Å². The van der Waals surface area contributed by atoms with Crippen LogP contribution in [0.4, 0.5) is 0 Å². The molecule has 0 N–H and O–H groups in total. The van der Waals surface area contributed by atoms with Crippen LogP contribution in [-0.4, -0.2) is 50.6 Å². The van der Waals surface area contributed by atoms with Crippen molar-refractivity contribution in [2.75, 3.05) is 40.2 Å². The van der Waals surface area contributed by atoms with Gasteiger partial charge in [-0.2, -0.15) is 0 Å². The van der Waals surface area contributed by atoms with E-state index in [0.29, 0.717) is 55.2 Å². The van der Waals surface area contributed by atoms with Crippen molar-refractivity contribution < 1.29 is 32.6 Å². The Bertz CT molecular complexity index is 1220. The van der Waals surface area contributed by atoms with Crippen molar-refractivity contribution in [2.24, 2.45) is 0 Å². The van der Waals surface area contributed by atoms with Gasteiger partial charge in [0.05, 0.1) is 45.7 Å². The van der Waals surface area contributed by atoms with Crippen molar-refractivity contribution in [3.8, 4) is 22.9 Å². The third-order valence-corrected chi connectivity index (χ3v) is 7.88. The van der Waals surface area contributed by atoms with Gasteiger partial charge in [-0.1, -0.05) is 0 Å². The predicted octanol–water partition coefficient (Wildman–Crippen LogP) is 5.56. The third kappa shape index (κ3) is 4.85. The molecule has 1 fully saturated rings. The largest absolute Gasteiger partial charge is 0.494 e. The Labute approximate surface area is 199 Å². The molecule has 1 aromatic heterocycles. The molecule has 4 rings (SSSR count). The van der Waals surface area contributed by atoms with Gasteiger partial charge in [-0.25, -0.2) is 0 Å². The van der Waals surface area contributed by atoms with Crippen molar-refractivity contribution in [3.63, 3.8) is 0 Å². The summed E-state index contributed by atoms with van der Waals surface area (Å²) < 4.78 is 41.8. The topological polar surface area (TPSA) is 85.2 Å². The molecule has 8 nitrogen and oxygen atoms in total. The smallest absolute Gasteiger partial charge is 0.330 e. The van der Waals surface area contributed by atoms with E-state index in [9.17, 15) is 9.36 Å². The van der Waals surface area contributed by atoms with Crippen molar-refractivity contribution in [1.29, 1.82) is 0 Å². The summed E-state index contributed by atoms with van der Waals surface area (Å²) in [6.45, 7) is 4.87. The van der Waals surface area contributed by atoms with Gasteiger partial charge in [0, 0.05) is 28.4 Å². The summed E-state index contributed by atoms with van der Waals surface area (Å²) in [4.78, 5) is 12.5. The summed E-state index contributed by atoms with van der Waals surface area (Å²) in [5.74, 6) is 1.85. The van der Waals surface area contributed by atoms with E-state index in [1.807, 2.05) is 47.9 Å². The van der Waals surface area contributed by atoms with Crippen molar-refractivity contribution in [1.82, 2.24) is 4.57 Å². The second-order valence-electron chi connectivity index (χ2n) is 8.13. The first-order valence-electron chi connectivity index (χ1n) is 11.3. The Morgan fingerprint density at radius 2 is 1.71 bits per heavy atom. The zero-order chi connectivity index (χ0) is 24.3. The van der Waals surface area contributed by atoms with E-state index in [4.69, 9.17) is 23.3 Å². The first-order valence-corrected chi connectivity index (χ1v) is 13.0. The number of hydrogen-bond donors (Lipinski definition) is 0. The molecule has 2 aromatic carbocycles. The second kappa shape index (κ2) is 10.2. The van der Waals surface area contributed by atoms with Crippen molar-refractivity contribution in [2.45, 2.75) is 26.7 Å². The van der Waals surface area contributed by atoms with E-state index < -0.39 is 7.60 Å². The Kier molecular flexibility index (Phi) is 7.31. The number of rotatable bonds is 9. The van der Waals surface area contributed by atoms with Gasteiger partial charge in [0.1, 0.15) is 5.75 Å². The van der Waals surface area contributed by atoms with E-state index in [1.165, 1.54) is 0 Å². The first kappa shape index (κ1) is 24.3. The predicted molar refractivity (Wildman–Crippen MR) is 130 cm³/mol. The lowest BCUT2D eigenvalue weighted by molar-refractivity contribution is 0.101. The minimum Gasteiger partial charge on any atom is -0.494 e. The second-order valence-corrected chi connectivity index (χ2v) is 10.3. The van der Waals surface area contributed by atoms with Crippen LogP contribution < -0.4 is 14.2 Å². The first-order chi connectivity index (χ1) is 16.4. The fourth-order valence-electron chi connectivity index (χ4n) is 4.29. The number of nitrogens with zero attached hydrogens (tertiary/aromatic N) is 1. The summed E-state index contributed by atoms with van der Waals surface area (Å²) in [7, 11) is 0.205. The van der Waals surface area contributed by atoms with E-state index in [2.05, 4.69) is 0 Å². The Balaban J connectivity index is 1.55. The highest BCUT2D eigenvalue weighted by atomic mass is 31.2. The van der Waals surface area contributed by atoms with Gasteiger partial charge in [0.15, 0.2) is 17.3 Å². The van der Waals surface area contributed by atoms with Gasteiger partial charge < -0.3 is 27.8 Å². The van der Waals surface area contributed by atoms with Crippen LogP contribution in [0.1, 0.15) is 35.8 Å². The molecule has 0 aliphatic carbocycles. The molecular formula is C25H30NO7P. The molecule has 0 unspecified atom stereocenters. The summed E-state index contributed by atoms with van der Waals surface area (Å²) in [6.07, 6.45) is 1.69. The lowest BCUT2D eigenvalue weighted by Crippen LogP contribution is -2.12. The Morgan fingerprint density at radius 3 is 2.32 bits per heavy atom. The molecule has 0 bridgehead atoms. The van der Waals surface area contributed by atoms with Gasteiger partial charge in [-0.05, 0) is 57.0 Å². The molecule has 34 heavy (non-hydrogen) atoms. The molecule has 1 aliphatic heterocycles. The maximum absolute atomic E-state index is 12.5. The van der Waals surface area contributed by atoms with E-state index >= 15 is 0 Å². The number of Topliss-reactive ketones (excluding diaryl/α,β-unsaturated/α-hetero) is 1. The number of methoxy groups -OCH3 is 2. The van der Waals surface area contributed by atoms with Crippen LogP contribution in [-0.2, 0) is 13.6 Å². The average Bonchev–Trinajstić information content (AvgIpc) is 3.12. The maximum atomic E-state index is 12.5. The zero-order valence-electron chi connectivity index (χ0n) is 20.0. The third-order valence-electron chi connectivity index (χ3n) is 5.87. The molecular weight excluding hydrogens is 457 g/mol. The molecule has 9 heteroatoms. The fourth-order valence-corrected chi connectivity index (χ4v) is 5.95. The number of carbonyl (C=O) groups is 1. The summed E-state index contributed by atoms with van der Waals surface area (Å²) in [5, 5.41) is 0.810. The summed E-state index contributed by atoms with van der Waals surface area (Å²) in [5.41, 5.74) is 3.23. The Hall–Kier alpha value is -2.80. The van der Waals surface area contributed by atoms with E-state index in [-0.39, 0.29) is 5.78 Å². The minimum atomic E-state index is -2.96. The van der Waals surface area contributed by atoms with Gasteiger partial charge in [-0.3, -0.25) is 9.36 Å². The highest BCUT2D eigenvalue weighted by Gasteiger charge is 2.27. The number of fused-ring (bicyclic) bond motifs is 1. The lowest BCUT2D eigenvalue weighted by atomic mass is 10.1. The number of ether oxygens (including phenoxy) is 3. The van der Waals surface area contributed by atoms with Crippen LogP contribution in [0, 0.1) is 6.92 Å². The number of aromatic nitrogens is 1. The molecule has 0 saturated carbocycles. The molecule has 1 aliphatic rings. The molecule has 0 atom stereocenters.